The fourth-order valence-electron chi connectivity index (χ4n) is 3.74. The molecule has 1 aliphatic heterocycles. The molecule has 1 heterocycles. The van der Waals surface area contributed by atoms with Gasteiger partial charge >= 0.3 is 0 Å². The fourth-order valence-corrected chi connectivity index (χ4v) is 3.74. The van der Waals surface area contributed by atoms with Crippen LogP contribution in [0.25, 0.3) is 0 Å². The number of nitrogens with zero attached hydrogens (tertiary/aromatic N) is 2. The maximum absolute atomic E-state index is 11.1. The van der Waals surface area contributed by atoms with E-state index in [1.54, 1.807) is 0 Å². The van der Waals surface area contributed by atoms with Crippen LogP contribution in [-0.4, -0.2) is 43.4 Å². The quantitative estimate of drug-likeness (QED) is 0.415. The molecule has 1 saturated carbocycles. The van der Waals surface area contributed by atoms with Crippen LogP contribution < -0.4 is 11.1 Å². The molecular weight excluding hydrogens is 391 g/mol. The molecule has 1 atom stereocenters. The lowest BCUT2D eigenvalue weighted by Crippen LogP contribution is -2.49. The molecule has 128 valence electrons. The van der Waals surface area contributed by atoms with Gasteiger partial charge in [0.1, 0.15) is 0 Å². The lowest BCUT2D eigenvalue weighted by molar-refractivity contribution is -0.119. The van der Waals surface area contributed by atoms with Gasteiger partial charge in [-0.15, -0.1) is 24.0 Å². The third-order valence-corrected chi connectivity index (χ3v) is 5.00. The van der Waals surface area contributed by atoms with Crippen LogP contribution in [0.2, 0.25) is 0 Å². The molecular formula is C16H31IN4O. The second-order valence-corrected chi connectivity index (χ2v) is 7.04. The van der Waals surface area contributed by atoms with Crippen LogP contribution in [0.4, 0.5) is 0 Å². The first-order valence-corrected chi connectivity index (χ1v) is 8.26. The molecule has 2 rings (SSSR count). The molecule has 6 heteroatoms. The molecule has 0 aromatic heterocycles. The van der Waals surface area contributed by atoms with E-state index in [9.17, 15) is 4.79 Å². The van der Waals surface area contributed by atoms with Gasteiger partial charge in [0.05, 0.1) is 0 Å². The number of primary amides is 1. The first-order valence-electron chi connectivity index (χ1n) is 8.26. The number of piperidine rings is 1. The van der Waals surface area contributed by atoms with Gasteiger partial charge in [-0.3, -0.25) is 9.79 Å². The van der Waals surface area contributed by atoms with Crippen molar-refractivity contribution in [2.45, 2.75) is 51.9 Å². The Morgan fingerprint density at radius 3 is 2.64 bits per heavy atom. The summed E-state index contributed by atoms with van der Waals surface area (Å²) in [5.41, 5.74) is 5.75. The van der Waals surface area contributed by atoms with Gasteiger partial charge in [0.15, 0.2) is 5.96 Å². The minimum absolute atomic E-state index is 0. The molecule has 2 fully saturated rings. The van der Waals surface area contributed by atoms with Gasteiger partial charge in [-0.25, -0.2) is 0 Å². The first kappa shape index (κ1) is 19.5. The smallest absolute Gasteiger partial charge is 0.217 e. The number of halogens is 1. The minimum atomic E-state index is -0.191. The average molecular weight is 422 g/mol. The van der Waals surface area contributed by atoms with Crippen molar-refractivity contribution < 1.29 is 4.79 Å². The van der Waals surface area contributed by atoms with E-state index in [1.165, 1.54) is 25.7 Å². The molecule has 0 aromatic carbocycles. The number of rotatable bonds is 4. The predicted octanol–water partition coefficient (Wildman–Crippen LogP) is 2.35. The van der Waals surface area contributed by atoms with E-state index < -0.39 is 0 Å². The summed E-state index contributed by atoms with van der Waals surface area (Å²) < 4.78 is 0. The van der Waals surface area contributed by atoms with Crippen molar-refractivity contribution in [2.24, 2.45) is 22.1 Å². The SMILES string of the molecule is CN=C(NCC1(C)CCCC1)N1CCCC(CC(N)=O)C1.I. The molecule has 3 N–H and O–H groups in total. The summed E-state index contributed by atoms with van der Waals surface area (Å²) in [6, 6.07) is 0. The molecule has 5 nitrogen and oxygen atoms in total. The normalized spacial score (nSPS) is 24.7. The summed E-state index contributed by atoms with van der Waals surface area (Å²) in [5.74, 6) is 1.16. The molecule has 0 radical (unpaired) electrons. The summed E-state index contributed by atoms with van der Waals surface area (Å²) >= 11 is 0. The van der Waals surface area contributed by atoms with Crippen LogP contribution in [0.5, 0.6) is 0 Å². The lowest BCUT2D eigenvalue weighted by atomic mass is 9.89. The average Bonchev–Trinajstić information content (AvgIpc) is 2.86. The number of hydrogen-bond acceptors (Lipinski definition) is 2. The zero-order valence-corrected chi connectivity index (χ0v) is 16.3. The van der Waals surface area contributed by atoms with Crippen molar-refractivity contribution in [2.75, 3.05) is 26.7 Å². The van der Waals surface area contributed by atoms with Crippen LogP contribution in [0.1, 0.15) is 51.9 Å². The van der Waals surface area contributed by atoms with E-state index in [0.717, 1.165) is 38.4 Å². The highest BCUT2D eigenvalue weighted by atomic mass is 127. The van der Waals surface area contributed by atoms with Crippen LogP contribution in [0.15, 0.2) is 4.99 Å². The zero-order valence-electron chi connectivity index (χ0n) is 13.9. The Kier molecular flexibility index (Phi) is 7.93. The number of guanidine groups is 1. The Morgan fingerprint density at radius 2 is 2.05 bits per heavy atom. The van der Waals surface area contributed by atoms with Crippen molar-refractivity contribution >= 4 is 35.8 Å². The Balaban J connectivity index is 0.00000242. The van der Waals surface area contributed by atoms with E-state index >= 15 is 0 Å². The molecule has 1 saturated heterocycles. The molecule has 1 aliphatic carbocycles. The Labute approximate surface area is 151 Å². The number of carbonyl (C=O) groups is 1. The number of nitrogens with one attached hydrogen (secondary N) is 1. The topological polar surface area (TPSA) is 70.7 Å². The van der Waals surface area contributed by atoms with E-state index in [1.807, 2.05) is 7.05 Å². The van der Waals surface area contributed by atoms with Crippen LogP contribution in [-0.2, 0) is 4.79 Å². The third kappa shape index (κ3) is 5.59. The zero-order chi connectivity index (χ0) is 15.3. The highest BCUT2D eigenvalue weighted by Gasteiger charge is 2.30. The van der Waals surface area contributed by atoms with Gasteiger partial charge in [-0.2, -0.15) is 0 Å². The number of hydrogen-bond donors (Lipinski definition) is 2. The molecule has 1 amide bonds. The summed E-state index contributed by atoms with van der Waals surface area (Å²) in [4.78, 5) is 17.8. The first-order chi connectivity index (χ1) is 10.0. The fraction of sp³-hybridized carbons (Fsp3) is 0.875. The second kappa shape index (κ2) is 8.93. The molecule has 0 bridgehead atoms. The lowest BCUT2D eigenvalue weighted by Gasteiger charge is -2.36. The Hall–Kier alpha value is -0.530. The van der Waals surface area contributed by atoms with Gasteiger partial charge in [0, 0.05) is 33.1 Å². The predicted molar refractivity (Wildman–Crippen MR) is 101 cm³/mol. The van der Waals surface area contributed by atoms with Crippen LogP contribution in [0, 0.1) is 11.3 Å². The molecule has 0 spiro atoms. The van der Waals surface area contributed by atoms with Crippen molar-refractivity contribution in [3.63, 3.8) is 0 Å². The maximum atomic E-state index is 11.1. The Morgan fingerprint density at radius 1 is 1.36 bits per heavy atom. The van der Waals surface area contributed by atoms with Gasteiger partial charge in [-0.1, -0.05) is 19.8 Å². The largest absolute Gasteiger partial charge is 0.370 e. The van der Waals surface area contributed by atoms with Crippen LogP contribution >= 0.6 is 24.0 Å². The summed E-state index contributed by atoms with van der Waals surface area (Å²) in [7, 11) is 1.84. The summed E-state index contributed by atoms with van der Waals surface area (Å²) in [6.07, 6.45) is 8.00. The number of likely N-dealkylation sites (tertiary alicyclic amines) is 1. The van der Waals surface area contributed by atoms with Crippen molar-refractivity contribution in [1.82, 2.24) is 10.2 Å². The van der Waals surface area contributed by atoms with Crippen molar-refractivity contribution in [3.05, 3.63) is 0 Å². The highest BCUT2D eigenvalue weighted by molar-refractivity contribution is 14.0. The monoisotopic (exact) mass is 422 g/mol. The van der Waals surface area contributed by atoms with E-state index in [4.69, 9.17) is 5.73 Å². The number of aliphatic imine (C=N–C) groups is 1. The van der Waals surface area contributed by atoms with E-state index in [-0.39, 0.29) is 29.9 Å². The van der Waals surface area contributed by atoms with Gasteiger partial charge in [-0.05, 0) is 37.0 Å². The standard InChI is InChI=1S/C16H30N4O.HI/c1-16(7-3-4-8-16)12-19-15(18-2)20-9-5-6-13(11-20)10-14(17)21;/h13H,3-12H2,1-2H3,(H2,17,21)(H,18,19);1H. The number of amides is 1. The minimum Gasteiger partial charge on any atom is -0.370 e. The highest BCUT2D eigenvalue weighted by Crippen LogP contribution is 2.36. The maximum Gasteiger partial charge on any atom is 0.217 e. The number of carbonyl (C=O) groups excluding carboxylic acids is 1. The molecule has 2 aliphatic rings. The van der Waals surface area contributed by atoms with Gasteiger partial charge in [0.25, 0.3) is 0 Å². The van der Waals surface area contributed by atoms with E-state index in [0.29, 0.717) is 17.8 Å². The van der Waals surface area contributed by atoms with Crippen molar-refractivity contribution in [3.8, 4) is 0 Å². The Bertz CT molecular complexity index is 394. The molecule has 0 aromatic rings. The molecule has 1 unspecified atom stereocenters. The third-order valence-electron chi connectivity index (χ3n) is 5.00. The van der Waals surface area contributed by atoms with Gasteiger partial charge < -0.3 is 16.0 Å². The van der Waals surface area contributed by atoms with Gasteiger partial charge in [0.2, 0.25) is 5.91 Å². The summed E-state index contributed by atoms with van der Waals surface area (Å²) in [6.45, 7) is 5.27. The van der Waals surface area contributed by atoms with E-state index in [2.05, 4.69) is 22.1 Å². The second-order valence-electron chi connectivity index (χ2n) is 7.04. The van der Waals surface area contributed by atoms with Crippen LogP contribution in [0.3, 0.4) is 0 Å². The molecule has 22 heavy (non-hydrogen) atoms. The number of nitrogens with two attached hydrogens (primary N) is 1. The van der Waals surface area contributed by atoms with Crippen molar-refractivity contribution in [1.29, 1.82) is 0 Å². The summed E-state index contributed by atoms with van der Waals surface area (Å²) in [5, 5.41) is 3.56.